The average Bonchev–Trinajstić information content (AvgIpc) is 2.31. The Hall–Kier alpha value is -1.75. The minimum absolute atomic E-state index is 0.0271. The summed E-state index contributed by atoms with van der Waals surface area (Å²) in [5, 5.41) is 2.75. The summed E-state index contributed by atoms with van der Waals surface area (Å²) in [4.78, 5) is 13.2. The summed E-state index contributed by atoms with van der Waals surface area (Å²) in [6.07, 6.45) is 0. The number of amides is 1. The van der Waals surface area contributed by atoms with Crippen LogP contribution in [0.2, 0.25) is 0 Å². The van der Waals surface area contributed by atoms with E-state index >= 15 is 0 Å². The van der Waals surface area contributed by atoms with Crippen molar-refractivity contribution in [2.45, 2.75) is 6.92 Å². The number of nitrogens with one attached hydrogen (secondary N) is 1. The zero-order valence-electron chi connectivity index (χ0n) is 11.0. The molecule has 0 aliphatic carbocycles. The summed E-state index contributed by atoms with van der Waals surface area (Å²) < 4.78 is 5.55. The second-order valence-electron chi connectivity index (χ2n) is 4.08. The fraction of sp³-hybridized carbons (Fsp3) is 0.462. The first-order chi connectivity index (χ1) is 8.63. The van der Waals surface area contributed by atoms with E-state index in [1.165, 1.54) is 0 Å². The number of anilines is 1. The van der Waals surface area contributed by atoms with Crippen LogP contribution in [0.25, 0.3) is 0 Å². The molecule has 0 radical (unpaired) electrons. The first-order valence-corrected chi connectivity index (χ1v) is 6.06. The smallest absolute Gasteiger partial charge is 0.234 e. The molecule has 0 saturated carbocycles. The van der Waals surface area contributed by atoms with Gasteiger partial charge in [0.2, 0.25) is 5.91 Å². The molecule has 1 rings (SSSR count). The Kier molecular flexibility index (Phi) is 6.00. The van der Waals surface area contributed by atoms with E-state index in [1.54, 1.807) is 6.07 Å². The lowest BCUT2D eigenvalue weighted by atomic mass is 10.3. The van der Waals surface area contributed by atoms with Crippen LogP contribution in [-0.4, -0.2) is 44.1 Å². The molecule has 0 fully saturated rings. The molecule has 0 unspecified atom stereocenters. The van der Waals surface area contributed by atoms with Gasteiger partial charge in [0.15, 0.2) is 0 Å². The van der Waals surface area contributed by atoms with Crippen molar-refractivity contribution >= 4 is 11.6 Å². The van der Waals surface area contributed by atoms with Gasteiger partial charge in [0.05, 0.1) is 12.2 Å². The third-order valence-electron chi connectivity index (χ3n) is 2.44. The zero-order valence-corrected chi connectivity index (χ0v) is 11.0. The van der Waals surface area contributed by atoms with E-state index in [0.717, 1.165) is 0 Å². The van der Waals surface area contributed by atoms with Crippen molar-refractivity contribution in [2.24, 2.45) is 0 Å². The van der Waals surface area contributed by atoms with Crippen LogP contribution in [0.4, 0.5) is 5.69 Å². The predicted molar refractivity (Wildman–Crippen MR) is 72.5 cm³/mol. The molecule has 1 aromatic rings. The molecule has 0 bridgehead atoms. The lowest BCUT2D eigenvalue weighted by Gasteiger charge is -2.16. The molecule has 0 aliphatic heterocycles. The van der Waals surface area contributed by atoms with Crippen LogP contribution in [0, 0.1) is 0 Å². The summed E-state index contributed by atoms with van der Waals surface area (Å²) in [5.74, 6) is 0.711. The van der Waals surface area contributed by atoms with Crippen LogP contribution in [0.3, 0.4) is 0 Å². The average molecular weight is 251 g/mol. The van der Waals surface area contributed by atoms with Crippen LogP contribution < -0.4 is 15.8 Å². The van der Waals surface area contributed by atoms with Gasteiger partial charge in [0.1, 0.15) is 12.4 Å². The molecule has 0 atom stereocenters. The van der Waals surface area contributed by atoms with Gasteiger partial charge in [-0.05, 0) is 26.1 Å². The Morgan fingerprint density at radius 1 is 1.44 bits per heavy atom. The summed E-state index contributed by atoms with van der Waals surface area (Å²) >= 11 is 0. The third-order valence-corrected chi connectivity index (χ3v) is 2.44. The fourth-order valence-electron chi connectivity index (χ4n) is 1.50. The van der Waals surface area contributed by atoms with Crippen molar-refractivity contribution in [3.63, 3.8) is 0 Å². The lowest BCUT2D eigenvalue weighted by Crippen LogP contribution is -2.36. The minimum atomic E-state index is 0.0271. The maximum atomic E-state index is 11.3. The maximum absolute atomic E-state index is 11.3. The third kappa shape index (κ3) is 5.05. The second-order valence-corrected chi connectivity index (χ2v) is 4.08. The van der Waals surface area contributed by atoms with Gasteiger partial charge >= 0.3 is 0 Å². The van der Waals surface area contributed by atoms with Gasteiger partial charge < -0.3 is 15.8 Å². The van der Waals surface area contributed by atoms with Crippen molar-refractivity contribution < 1.29 is 9.53 Å². The summed E-state index contributed by atoms with van der Waals surface area (Å²) in [6.45, 7) is 4.11. The Labute approximate surface area is 108 Å². The number of nitrogen functional groups attached to an aromatic ring is 1. The van der Waals surface area contributed by atoms with Crippen LogP contribution >= 0.6 is 0 Å². The van der Waals surface area contributed by atoms with E-state index in [0.29, 0.717) is 37.7 Å². The van der Waals surface area contributed by atoms with Crippen LogP contribution in [-0.2, 0) is 4.79 Å². The molecular weight excluding hydrogens is 230 g/mol. The maximum Gasteiger partial charge on any atom is 0.234 e. The van der Waals surface area contributed by atoms with E-state index in [4.69, 9.17) is 10.5 Å². The number of carbonyl (C=O) groups is 1. The van der Waals surface area contributed by atoms with Crippen molar-refractivity contribution in [3.05, 3.63) is 24.3 Å². The minimum Gasteiger partial charge on any atom is -0.490 e. The van der Waals surface area contributed by atoms with Crippen LogP contribution in [0.5, 0.6) is 5.75 Å². The van der Waals surface area contributed by atoms with Crippen molar-refractivity contribution in [3.8, 4) is 5.75 Å². The fourth-order valence-corrected chi connectivity index (χ4v) is 1.50. The largest absolute Gasteiger partial charge is 0.490 e. The van der Waals surface area contributed by atoms with E-state index < -0.39 is 0 Å². The number of ether oxygens (including phenoxy) is 1. The highest BCUT2D eigenvalue weighted by Crippen LogP contribution is 2.19. The van der Waals surface area contributed by atoms with Gasteiger partial charge in [-0.3, -0.25) is 9.69 Å². The topological polar surface area (TPSA) is 67.6 Å². The number of hydrogen-bond acceptors (Lipinski definition) is 4. The summed E-state index contributed by atoms with van der Waals surface area (Å²) in [5.41, 5.74) is 6.38. The molecule has 1 aromatic carbocycles. The van der Waals surface area contributed by atoms with Gasteiger partial charge in [-0.15, -0.1) is 0 Å². The molecule has 5 nitrogen and oxygen atoms in total. The highest BCUT2D eigenvalue weighted by molar-refractivity contribution is 5.77. The molecule has 0 aromatic heterocycles. The van der Waals surface area contributed by atoms with Crippen molar-refractivity contribution in [1.29, 1.82) is 0 Å². The normalized spacial score (nSPS) is 10.4. The molecule has 18 heavy (non-hydrogen) atoms. The molecule has 0 aliphatic rings. The van der Waals surface area contributed by atoms with Crippen molar-refractivity contribution in [1.82, 2.24) is 10.2 Å². The summed E-state index contributed by atoms with van der Waals surface area (Å²) in [7, 11) is 1.88. The van der Waals surface area contributed by atoms with Crippen LogP contribution in [0.1, 0.15) is 6.92 Å². The molecule has 3 N–H and O–H groups in total. The number of benzene rings is 1. The quantitative estimate of drug-likeness (QED) is 0.701. The molecule has 5 heteroatoms. The molecule has 0 saturated heterocycles. The number of nitrogens with zero attached hydrogens (tertiary/aromatic N) is 1. The second kappa shape index (κ2) is 7.55. The Morgan fingerprint density at radius 2 is 2.17 bits per heavy atom. The number of nitrogens with two attached hydrogens (primary N) is 1. The Morgan fingerprint density at radius 3 is 2.83 bits per heavy atom. The van der Waals surface area contributed by atoms with Gasteiger partial charge in [-0.1, -0.05) is 12.1 Å². The number of para-hydroxylation sites is 2. The van der Waals surface area contributed by atoms with E-state index in [2.05, 4.69) is 5.32 Å². The van der Waals surface area contributed by atoms with Gasteiger partial charge in [0.25, 0.3) is 0 Å². The summed E-state index contributed by atoms with van der Waals surface area (Å²) in [6, 6.07) is 7.38. The SMILES string of the molecule is CCNC(=O)CN(C)CCOc1ccccc1N. The Bertz CT molecular complexity index is 382. The standard InChI is InChI=1S/C13H21N3O2/c1-3-15-13(17)10-16(2)8-9-18-12-7-5-4-6-11(12)14/h4-7H,3,8-10,14H2,1-2H3,(H,15,17). The zero-order chi connectivity index (χ0) is 13.4. The van der Waals surface area contributed by atoms with Gasteiger partial charge in [-0.2, -0.15) is 0 Å². The van der Waals surface area contributed by atoms with Crippen molar-refractivity contribution in [2.75, 3.05) is 39.0 Å². The van der Waals surface area contributed by atoms with Gasteiger partial charge in [-0.25, -0.2) is 0 Å². The van der Waals surface area contributed by atoms with E-state index in [-0.39, 0.29) is 5.91 Å². The van der Waals surface area contributed by atoms with Gasteiger partial charge in [0, 0.05) is 13.1 Å². The lowest BCUT2D eigenvalue weighted by molar-refractivity contribution is -0.121. The highest BCUT2D eigenvalue weighted by atomic mass is 16.5. The highest BCUT2D eigenvalue weighted by Gasteiger charge is 2.05. The molecule has 0 heterocycles. The first-order valence-electron chi connectivity index (χ1n) is 6.06. The molecule has 1 amide bonds. The van der Waals surface area contributed by atoms with E-state index in [9.17, 15) is 4.79 Å². The molecular formula is C13H21N3O2. The Balaban J connectivity index is 2.25. The van der Waals surface area contributed by atoms with Crippen LogP contribution in [0.15, 0.2) is 24.3 Å². The first kappa shape index (κ1) is 14.3. The number of carbonyl (C=O) groups excluding carboxylic acids is 1. The van der Waals surface area contributed by atoms with E-state index in [1.807, 2.05) is 37.1 Å². The number of hydrogen-bond donors (Lipinski definition) is 2. The predicted octanol–water partition coefficient (Wildman–Crippen LogP) is 0.716. The molecule has 100 valence electrons. The monoisotopic (exact) mass is 251 g/mol. The number of rotatable bonds is 7. The number of likely N-dealkylation sites (N-methyl/N-ethyl adjacent to an activating group) is 2. The molecule has 0 spiro atoms.